The molecule has 27 heavy (non-hydrogen) atoms. The molecule has 4 rings (SSSR count). The van der Waals surface area contributed by atoms with Gasteiger partial charge in [-0.2, -0.15) is 0 Å². The van der Waals surface area contributed by atoms with E-state index in [2.05, 4.69) is 37.0 Å². The molecule has 136 valence electrons. The highest BCUT2D eigenvalue weighted by molar-refractivity contribution is 5.78. The SMILES string of the molecule is COc1ccc(F)cc1-c1cccc(-n2cnc3cc(C(C)C)ccc32)n1. The third kappa shape index (κ3) is 3.16. The minimum absolute atomic E-state index is 0.327. The number of fused-ring (bicyclic) bond motifs is 1. The molecule has 0 saturated carbocycles. The van der Waals surface area contributed by atoms with E-state index >= 15 is 0 Å². The highest BCUT2D eigenvalue weighted by Crippen LogP contribution is 2.30. The van der Waals surface area contributed by atoms with E-state index in [-0.39, 0.29) is 5.82 Å². The van der Waals surface area contributed by atoms with Crippen molar-refractivity contribution < 1.29 is 9.13 Å². The standard InChI is InChI=1S/C22H20FN3O/c1-14(2)15-7-9-20-19(11-15)24-13-26(20)22-6-4-5-18(25-22)17-12-16(23)8-10-21(17)27-3/h4-14H,1-3H3. The predicted molar refractivity (Wildman–Crippen MR) is 105 cm³/mol. The van der Waals surface area contributed by atoms with Crippen molar-refractivity contribution in [3.8, 4) is 22.8 Å². The summed E-state index contributed by atoms with van der Waals surface area (Å²) in [7, 11) is 1.57. The fourth-order valence-corrected chi connectivity index (χ4v) is 3.16. The number of aromatic nitrogens is 3. The molecule has 0 aliphatic carbocycles. The van der Waals surface area contributed by atoms with E-state index in [4.69, 9.17) is 9.72 Å². The Hall–Kier alpha value is -3.21. The summed E-state index contributed by atoms with van der Waals surface area (Å²) in [6.45, 7) is 4.32. The van der Waals surface area contributed by atoms with Crippen LogP contribution >= 0.6 is 0 Å². The van der Waals surface area contributed by atoms with Gasteiger partial charge >= 0.3 is 0 Å². The average Bonchev–Trinajstić information content (AvgIpc) is 3.11. The number of methoxy groups -OCH3 is 1. The zero-order valence-electron chi connectivity index (χ0n) is 15.5. The topological polar surface area (TPSA) is 39.9 Å². The Kier molecular flexibility index (Phi) is 4.36. The Morgan fingerprint density at radius 1 is 1.04 bits per heavy atom. The number of rotatable bonds is 4. The van der Waals surface area contributed by atoms with Gasteiger partial charge in [-0.1, -0.05) is 26.0 Å². The third-order valence-electron chi connectivity index (χ3n) is 4.66. The first-order valence-electron chi connectivity index (χ1n) is 8.85. The largest absolute Gasteiger partial charge is 0.496 e. The third-order valence-corrected chi connectivity index (χ3v) is 4.66. The molecule has 0 aliphatic heterocycles. The summed E-state index contributed by atoms with van der Waals surface area (Å²) in [5.41, 5.74) is 4.42. The number of imidazole rings is 1. The van der Waals surface area contributed by atoms with Crippen molar-refractivity contribution in [1.82, 2.24) is 14.5 Å². The van der Waals surface area contributed by atoms with E-state index in [1.165, 1.54) is 17.7 Å². The van der Waals surface area contributed by atoms with Crippen molar-refractivity contribution in [3.05, 3.63) is 72.3 Å². The zero-order chi connectivity index (χ0) is 19.0. The molecule has 0 radical (unpaired) electrons. The molecule has 2 aromatic carbocycles. The molecule has 0 N–H and O–H groups in total. The van der Waals surface area contributed by atoms with Crippen LogP contribution < -0.4 is 4.74 Å². The van der Waals surface area contributed by atoms with Gasteiger partial charge in [-0.15, -0.1) is 0 Å². The van der Waals surface area contributed by atoms with Crippen molar-refractivity contribution >= 4 is 11.0 Å². The lowest BCUT2D eigenvalue weighted by molar-refractivity contribution is 0.415. The van der Waals surface area contributed by atoms with Crippen LogP contribution in [-0.2, 0) is 0 Å². The predicted octanol–water partition coefficient (Wildman–Crippen LogP) is 5.36. The van der Waals surface area contributed by atoms with Gasteiger partial charge in [0, 0.05) is 5.56 Å². The molecule has 2 heterocycles. The molecule has 2 aromatic heterocycles. The maximum atomic E-state index is 13.8. The normalized spacial score (nSPS) is 11.3. The number of halogens is 1. The molecule has 0 unspecified atom stereocenters. The molecule has 5 heteroatoms. The molecule has 0 atom stereocenters. The number of nitrogens with zero attached hydrogens (tertiary/aromatic N) is 3. The number of hydrogen-bond donors (Lipinski definition) is 0. The summed E-state index contributed by atoms with van der Waals surface area (Å²) in [6.07, 6.45) is 1.77. The lowest BCUT2D eigenvalue weighted by Crippen LogP contribution is -1.98. The second-order valence-electron chi connectivity index (χ2n) is 6.74. The Morgan fingerprint density at radius 3 is 2.67 bits per heavy atom. The van der Waals surface area contributed by atoms with E-state index in [9.17, 15) is 4.39 Å². The van der Waals surface area contributed by atoms with Gasteiger partial charge in [0.2, 0.25) is 0 Å². The zero-order valence-corrected chi connectivity index (χ0v) is 15.5. The molecule has 4 nitrogen and oxygen atoms in total. The van der Waals surface area contributed by atoms with Crippen molar-refractivity contribution in [2.45, 2.75) is 19.8 Å². The Labute approximate surface area is 157 Å². The second kappa shape index (κ2) is 6.83. The molecular weight excluding hydrogens is 341 g/mol. The molecule has 0 amide bonds. The van der Waals surface area contributed by atoms with Gasteiger partial charge in [0.05, 0.1) is 23.8 Å². The first-order chi connectivity index (χ1) is 13.1. The van der Waals surface area contributed by atoms with Crippen molar-refractivity contribution in [3.63, 3.8) is 0 Å². The van der Waals surface area contributed by atoms with E-state index in [1.54, 1.807) is 19.5 Å². The lowest BCUT2D eigenvalue weighted by atomic mass is 10.0. The van der Waals surface area contributed by atoms with Crippen molar-refractivity contribution in [1.29, 1.82) is 0 Å². The fourth-order valence-electron chi connectivity index (χ4n) is 3.16. The van der Waals surface area contributed by atoms with E-state index in [0.29, 0.717) is 22.9 Å². The lowest BCUT2D eigenvalue weighted by Gasteiger charge is -2.10. The Bertz CT molecular complexity index is 1120. The van der Waals surface area contributed by atoms with Crippen LogP contribution in [0, 0.1) is 5.82 Å². The fraction of sp³-hybridized carbons (Fsp3) is 0.182. The van der Waals surface area contributed by atoms with Gasteiger partial charge in [0.15, 0.2) is 0 Å². The van der Waals surface area contributed by atoms with E-state index < -0.39 is 0 Å². The van der Waals surface area contributed by atoms with Gasteiger partial charge in [-0.3, -0.25) is 4.57 Å². The van der Waals surface area contributed by atoms with Gasteiger partial charge in [0.25, 0.3) is 0 Å². The van der Waals surface area contributed by atoms with Gasteiger partial charge in [-0.25, -0.2) is 14.4 Å². The van der Waals surface area contributed by atoms with E-state index in [0.717, 1.165) is 16.9 Å². The summed E-state index contributed by atoms with van der Waals surface area (Å²) in [5, 5.41) is 0. The number of pyridine rings is 1. The molecule has 0 fully saturated rings. The smallest absolute Gasteiger partial charge is 0.139 e. The van der Waals surface area contributed by atoms with E-state index in [1.807, 2.05) is 22.8 Å². The van der Waals surface area contributed by atoms with Gasteiger partial charge in [0.1, 0.15) is 23.7 Å². The maximum Gasteiger partial charge on any atom is 0.139 e. The number of ether oxygens (including phenoxy) is 1. The molecule has 0 aliphatic rings. The number of benzene rings is 2. The van der Waals surface area contributed by atoms with Crippen LogP contribution in [0.5, 0.6) is 5.75 Å². The van der Waals surface area contributed by atoms with Crippen LogP contribution in [0.3, 0.4) is 0 Å². The maximum absolute atomic E-state index is 13.8. The Morgan fingerprint density at radius 2 is 1.89 bits per heavy atom. The minimum Gasteiger partial charge on any atom is -0.496 e. The average molecular weight is 361 g/mol. The van der Waals surface area contributed by atoms with Gasteiger partial charge in [-0.05, 0) is 53.9 Å². The quantitative estimate of drug-likeness (QED) is 0.491. The van der Waals surface area contributed by atoms with Gasteiger partial charge < -0.3 is 4.74 Å². The molecule has 0 bridgehead atoms. The van der Waals surface area contributed by atoms with Crippen LogP contribution in [-0.4, -0.2) is 21.6 Å². The molecule has 0 spiro atoms. The van der Waals surface area contributed by atoms with Crippen LogP contribution in [0.15, 0.2) is 60.9 Å². The summed E-state index contributed by atoms with van der Waals surface area (Å²) >= 11 is 0. The highest BCUT2D eigenvalue weighted by atomic mass is 19.1. The van der Waals surface area contributed by atoms with Crippen molar-refractivity contribution in [2.24, 2.45) is 0 Å². The van der Waals surface area contributed by atoms with Crippen LogP contribution in [0.2, 0.25) is 0 Å². The molecule has 4 aromatic rings. The molecular formula is C22H20FN3O. The van der Waals surface area contributed by atoms with Crippen LogP contribution in [0.1, 0.15) is 25.3 Å². The number of hydrogen-bond acceptors (Lipinski definition) is 3. The minimum atomic E-state index is -0.327. The summed E-state index contributed by atoms with van der Waals surface area (Å²) in [4.78, 5) is 9.25. The van der Waals surface area contributed by atoms with Crippen LogP contribution in [0.4, 0.5) is 4.39 Å². The monoisotopic (exact) mass is 361 g/mol. The Balaban J connectivity index is 1.82. The summed E-state index contributed by atoms with van der Waals surface area (Å²) in [6, 6.07) is 16.4. The summed E-state index contributed by atoms with van der Waals surface area (Å²) < 4.78 is 21.1. The van der Waals surface area contributed by atoms with Crippen molar-refractivity contribution in [2.75, 3.05) is 7.11 Å². The highest BCUT2D eigenvalue weighted by Gasteiger charge is 2.12. The first-order valence-corrected chi connectivity index (χ1v) is 8.85. The van der Waals surface area contributed by atoms with Crippen LogP contribution in [0.25, 0.3) is 28.1 Å². The first kappa shape index (κ1) is 17.2. The summed E-state index contributed by atoms with van der Waals surface area (Å²) in [5.74, 6) is 1.42. The molecule has 0 saturated heterocycles. The second-order valence-corrected chi connectivity index (χ2v) is 6.74.